The SMILES string of the molecule is O=S(=O)(CC(F)(F)F)[C]1CCC1. The summed E-state index contributed by atoms with van der Waals surface area (Å²) >= 11 is 0. The van der Waals surface area contributed by atoms with Gasteiger partial charge in [0, 0.05) is 0 Å². The van der Waals surface area contributed by atoms with Gasteiger partial charge in [0.1, 0.15) is 5.75 Å². The number of hydrogen-bond acceptors (Lipinski definition) is 2. The molecule has 0 aromatic rings. The molecule has 0 N–H and O–H groups in total. The van der Waals surface area contributed by atoms with Crippen LogP contribution in [0.5, 0.6) is 0 Å². The fraction of sp³-hybridized carbons (Fsp3) is 0.833. The largest absolute Gasteiger partial charge is 0.402 e. The highest BCUT2D eigenvalue weighted by molar-refractivity contribution is 7.94. The van der Waals surface area contributed by atoms with Gasteiger partial charge in [-0.05, 0) is 12.8 Å². The fourth-order valence-corrected chi connectivity index (χ4v) is 2.50. The lowest BCUT2D eigenvalue weighted by atomic mass is 10.0. The van der Waals surface area contributed by atoms with Crippen LogP contribution >= 0.6 is 0 Å². The maximum atomic E-state index is 11.7. The van der Waals surface area contributed by atoms with Crippen molar-refractivity contribution in [1.29, 1.82) is 0 Å². The van der Waals surface area contributed by atoms with Crippen LogP contribution in [0.25, 0.3) is 0 Å². The standard InChI is InChI=1S/C6H8F3O2S/c7-6(8,9)4-12(10,11)5-2-1-3-5/h1-4H2. The van der Waals surface area contributed by atoms with Crippen LogP contribution < -0.4 is 0 Å². The first-order valence-electron chi connectivity index (χ1n) is 3.45. The molecule has 1 rings (SSSR count). The van der Waals surface area contributed by atoms with E-state index in [9.17, 15) is 21.6 Å². The Morgan fingerprint density at radius 2 is 1.75 bits per heavy atom. The van der Waals surface area contributed by atoms with Gasteiger partial charge in [-0.2, -0.15) is 13.2 Å². The predicted octanol–water partition coefficient (Wildman–Crippen LogP) is 1.68. The van der Waals surface area contributed by atoms with E-state index in [4.69, 9.17) is 0 Å². The topological polar surface area (TPSA) is 34.1 Å². The lowest BCUT2D eigenvalue weighted by molar-refractivity contribution is -0.106. The third-order valence-corrected chi connectivity index (χ3v) is 3.70. The van der Waals surface area contributed by atoms with Crippen LogP contribution in [0.2, 0.25) is 0 Å². The van der Waals surface area contributed by atoms with Crippen LogP contribution in [0.1, 0.15) is 19.3 Å². The van der Waals surface area contributed by atoms with E-state index in [2.05, 4.69) is 0 Å². The molecule has 0 aromatic heterocycles. The smallest absolute Gasteiger partial charge is 0.228 e. The van der Waals surface area contributed by atoms with Crippen molar-refractivity contribution < 1.29 is 21.6 Å². The molecule has 1 fully saturated rings. The maximum absolute atomic E-state index is 11.7. The van der Waals surface area contributed by atoms with E-state index in [1.807, 2.05) is 0 Å². The molecule has 1 aliphatic carbocycles. The molecule has 0 saturated heterocycles. The Morgan fingerprint density at radius 1 is 1.25 bits per heavy atom. The molecule has 0 amide bonds. The third kappa shape index (κ3) is 2.36. The highest BCUT2D eigenvalue weighted by Gasteiger charge is 2.41. The number of rotatable bonds is 2. The van der Waals surface area contributed by atoms with Crippen LogP contribution in [0, 0.1) is 5.25 Å². The van der Waals surface area contributed by atoms with Gasteiger partial charge in [0.05, 0.1) is 5.25 Å². The van der Waals surface area contributed by atoms with E-state index < -0.39 is 21.8 Å². The molecule has 71 valence electrons. The molecule has 0 atom stereocenters. The zero-order valence-corrected chi connectivity index (χ0v) is 7.00. The molecule has 12 heavy (non-hydrogen) atoms. The molecule has 2 nitrogen and oxygen atoms in total. The second-order valence-electron chi connectivity index (χ2n) is 2.77. The summed E-state index contributed by atoms with van der Waals surface area (Å²) in [6, 6.07) is 0. The summed E-state index contributed by atoms with van der Waals surface area (Å²) in [4.78, 5) is 0. The highest BCUT2D eigenvalue weighted by Crippen LogP contribution is 2.36. The van der Waals surface area contributed by atoms with Crippen LogP contribution in [0.15, 0.2) is 0 Å². The first kappa shape index (κ1) is 9.83. The summed E-state index contributed by atoms with van der Waals surface area (Å²) in [7, 11) is -3.99. The molecule has 1 aliphatic rings. The van der Waals surface area contributed by atoms with Crippen molar-refractivity contribution in [2.45, 2.75) is 25.4 Å². The van der Waals surface area contributed by atoms with Gasteiger partial charge in [-0.25, -0.2) is 8.42 Å². The third-order valence-electron chi connectivity index (χ3n) is 1.70. The number of hydrogen-bond donors (Lipinski definition) is 0. The zero-order chi connectivity index (χ0) is 9.41. The monoisotopic (exact) mass is 201 g/mol. The van der Waals surface area contributed by atoms with Crippen molar-refractivity contribution in [2.75, 3.05) is 5.75 Å². The van der Waals surface area contributed by atoms with Gasteiger partial charge < -0.3 is 0 Å². The summed E-state index contributed by atoms with van der Waals surface area (Å²) in [5.41, 5.74) is 0. The van der Waals surface area contributed by atoms with E-state index in [0.717, 1.165) is 0 Å². The molecule has 0 bridgehead atoms. The molecule has 1 radical (unpaired) electrons. The molecule has 0 heterocycles. The molecule has 0 aliphatic heterocycles. The summed E-state index contributed by atoms with van der Waals surface area (Å²) in [6.45, 7) is 0. The summed E-state index contributed by atoms with van der Waals surface area (Å²) in [5.74, 6) is -1.70. The fourth-order valence-electron chi connectivity index (χ4n) is 0.950. The van der Waals surface area contributed by atoms with E-state index in [1.165, 1.54) is 0 Å². The van der Waals surface area contributed by atoms with Crippen molar-refractivity contribution in [2.24, 2.45) is 0 Å². The van der Waals surface area contributed by atoms with E-state index in [-0.39, 0.29) is 5.25 Å². The summed E-state index contributed by atoms with van der Waals surface area (Å²) < 4.78 is 56.8. The Balaban J connectivity index is 2.60. The summed E-state index contributed by atoms with van der Waals surface area (Å²) in [5, 5.41) is 0.0554. The van der Waals surface area contributed by atoms with Gasteiger partial charge >= 0.3 is 6.18 Å². The minimum Gasteiger partial charge on any atom is -0.228 e. The molecule has 0 spiro atoms. The first-order valence-corrected chi connectivity index (χ1v) is 5.11. The average Bonchev–Trinajstić information content (AvgIpc) is 1.45. The lowest BCUT2D eigenvalue weighted by Crippen LogP contribution is -2.30. The summed E-state index contributed by atoms with van der Waals surface area (Å²) in [6.07, 6.45) is -3.31. The molecule has 1 saturated carbocycles. The van der Waals surface area contributed by atoms with Crippen LogP contribution in [-0.4, -0.2) is 20.3 Å². The number of sulfone groups is 1. The molecule has 0 unspecified atom stereocenters. The maximum Gasteiger partial charge on any atom is 0.402 e. The van der Waals surface area contributed by atoms with Gasteiger partial charge in [0.2, 0.25) is 0 Å². The molecular formula is C6H8F3O2S. The normalized spacial score (nSPS) is 20.6. The van der Waals surface area contributed by atoms with E-state index in [0.29, 0.717) is 19.3 Å². The van der Waals surface area contributed by atoms with Crippen molar-refractivity contribution in [3.05, 3.63) is 5.25 Å². The van der Waals surface area contributed by atoms with Crippen LogP contribution in [-0.2, 0) is 9.84 Å². The Morgan fingerprint density at radius 3 is 2.00 bits per heavy atom. The van der Waals surface area contributed by atoms with Crippen LogP contribution in [0.4, 0.5) is 13.2 Å². The first-order chi connectivity index (χ1) is 5.31. The number of halogens is 3. The van der Waals surface area contributed by atoms with Crippen molar-refractivity contribution in [3.8, 4) is 0 Å². The zero-order valence-electron chi connectivity index (χ0n) is 6.19. The second-order valence-corrected chi connectivity index (χ2v) is 4.86. The predicted molar refractivity (Wildman–Crippen MR) is 36.9 cm³/mol. The molecular weight excluding hydrogens is 193 g/mol. The minimum atomic E-state index is -4.61. The van der Waals surface area contributed by atoms with Gasteiger partial charge in [0.25, 0.3) is 0 Å². The Kier molecular flexibility index (Phi) is 2.38. The van der Waals surface area contributed by atoms with Gasteiger partial charge in [-0.1, -0.05) is 6.42 Å². The van der Waals surface area contributed by atoms with Crippen LogP contribution in [0.3, 0.4) is 0 Å². The van der Waals surface area contributed by atoms with Gasteiger partial charge in [-0.3, -0.25) is 0 Å². The van der Waals surface area contributed by atoms with Crippen molar-refractivity contribution in [1.82, 2.24) is 0 Å². The van der Waals surface area contributed by atoms with Crippen molar-refractivity contribution >= 4 is 9.84 Å². The van der Waals surface area contributed by atoms with E-state index in [1.54, 1.807) is 0 Å². The minimum absolute atomic E-state index is 0.0554. The Bertz CT molecular complexity index is 250. The van der Waals surface area contributed by atoms with Crippen molar-refractivity contribution in [3.63, 3.8) is 0 Å². The van der Waals surface area contributed by atoms with Gasteiger partial charge in [0.15, 0.2) is 9.84 Å². The Hall–Kier alpha value is -0.260. The van der Waals surface area contributed by atoms with Gasteiger partial charge in [-0.15, -0.1) is 0 Å². The highest BCUT2D eigenvalue weighted by atomic mass is 32.2. The number of alkyl halides is 3. The average molecular weight is 201 g/mol. The molecule has 6 heteroatoms. The molecule has 0 aromatic carbocycles. The second kappa shape index (κ2) is 2.90. The van der Waals surface area contributed by atoms with E-state index >= 15 is 0 Å². The quantitative estimate of drug-likeness (QED) is 0.681. The lowest BCUT2D eigenvalue weighted by Gasteiger charge is -2.24. The Labute approximate surface area is 68.7 Å².